The number of pyridine rings is 1. The van der Waals surface area contributed by atoms with Crippen molar-refractivity contribution in [3.8, 4) is 16.9 Å². The van der Waals surface area contributed by atoms with Crippen molar-refractivity contribution in [2.24, 2.45) is 0 Å². The van der Waals surface area contributed by atoms with Crippen LogP contribution in [0.25, 0.3) is 33.1 Å². The molecule has 0 aliphatic rings. The van der Waals surface area contributed by atoms with Crippen LogP contribution in [0.4, 0.5) is 8.78 Å². The second-order valence-corrected chi connectivity index (χ2v) is 11.2. The molecule has 0 amide bonds. The first kappa shape index (κ1) is 27.0. The zero-order chi connectivity index (χ0) is 26.7. The van der Waals surface area contributed by atoms with Crippen LogP contribution < -0.4 is 4.74 Å². The minimum atomic E-state index is -3.38. The number of alkyl halides is 2. The minimum absolute atomic E-state index is 0.0125. The number of sulfone groups is 1. The van der Waals surface area contributed by atoms with Gasteiger partial charge < -0.3 is 14.8 Å². The number of rotatable bonds is 11. The fraction of sp³-hybridized carbons (Fsp3) is 0.370. The third-order valence-corrected chi connectivity index (χ3v) is 8.17. The summed E-state index contributed by atoms with van der Waals surface area (Å²) in [5.41, 5.74) is 3.96. The van der Waals surface area contributed by atoms with Crippen molar-refractivity contribution < 1.29 is 27.0 Å². The molecule has 4 rings (SSSR count). The number of aryl methyl sites for hydroxylation is 1. The smallest absolute Gasteiger partial charge is 0.277 e. The van der Waals surface area contributed by atoms with Gasteiger partial charge in [0.05, 0.1) is 22.8 Å². The van der Waals surface area contributed by atoms with Crippen LogP contribution in [-0.2, 0) is 9.84 Å². The first-order valence-electron chi connectivity index (χ1n) is 12.2. The molecular weight excluding hydrogens is 500 g/mol. The quantitative estimate of drug-likeness (QED) is 0.205. The lowest BCUT2D eigenvalue weighted by molar-refractivity contribution is -0.0994. The van der Waals surface area contributed by atoms with Gasteiger partial charge in [0.15, 0.2) is 16.1 Å². The van der Waals surface area contributed by atoms with E-state index in [1.807, 2.05) is 31.2 Å². The highest BCUT2D eigenvalue weighted by Crippen LogP contribution is 2.39. The van der Waals surface area contributed by atoms with Crippen molar-refractivity contribution in [3.05, 3.63) is 54.2 Å². The molecule has 37 heavy (non-hydrogen) atoms. The molecule has 2 N–H and O–H groups in total. The van der Waals surface area contributed by atoms with Gasteiger partial charge in [0, 0.05) is 23.5 Å². The lowest BCUT2D eigenvalue weighted by atomic mass is 9.99. The normalized spacial score (nSPS) is 13.2. The molecule has 2 aromatic carbocycles. The lowest BCUT2D eigenvalue weighted by Gasteiger charge is -2.25. The van der Waals surface area contributed by atoms with Crippen LogP contribution in [0.1, 0.15) is 25.8 Å². The van der Waals surface area contributed by atoms with E-state index in [2.05, 4.69) is 9.97 Å². The van der Waals surface area contributed by atoms with Crippen LogP contribution in [0.5, 0.6) is 5.75 Å². The van der Waals surface area contributed by atoms with E-state index in [1.54, 1.807) is 38.2 Å². The molecule has 0 saturated carbocycles. The number of hydrogen-bond donors (Lipinski definition) is 2. The van der Waals surface area contributed by atoms with Gasteiger partial charge >= 0.3 is 0 Å². The minimum Gasteiger partial charge on any atom is -0.491 e. The molecule has 10 heteroatoms. The number of nitrogens with zero attached hydrogens (tertiary/aromatic N) is 2. The van der Waals surface area contributed by atoms with Crippen molar-refractivity contribution >= 4 is 31.8 Å². The topological polar surface area (TPSA) is 95.5 Å². The summed E-state index contributed by atoms with van der Waals surface area (Å²) in [6, 6.07) is 12.6. The summed E-state index contributed by atoms with van der Waals surface area (Å²) >= 11 is 0. The Hall–Kier alpha value is -3.08. The average molecular weight is 532 g/mol. The van der Waals surface area contributed by atoms with E-state index in [1.165, 1.54) is 4.90 Å². The van der Waals surface area contributed by atoms with Gasteiger partial charge in [-0.3, -0.25) is 4.90 Å². The Labute approximate surface area is 215 Å². The predicted molar refractivity (Wildman–Crippen MR) is 141 cm³/mol. The summed E-state index contributed by atoms with van der Waals surface area (Å²) in [5, 5.41) is 11.4. The zero-order valence-corrected chi connectivity index (χ0v) is 21.9. The molecular formula is C27H31F2N3O4S. The van der Waals surface area contributed by atoms with Crippen molar-refractivity contribution in [2.75, 3.05) is 25.4 Å². The van der Waals surface area contributed by atoms with E-state index in [0.717, 1.165) is 27.5 Å². The van der Waals surface area contributed by atoms with Crippen LogP contribution in [-0.4, -0.2) is 66.5 Å². The van der Waals surface area contributed by atoms with E-state index in [4.69, 9.17) is 4.74 Å². The second kappa shape index (κ2) is 11.1. The standard InChI is InChI=1S/C27H31F2N3O4S/c1-4-32(27(33)25(28)29)12-7-13-36-22-11-10-20(18-8-6-9-19(15-18)37(34,35)5-2)23-21-14-17(3)16-30-26(21)31-24(22)23/h6,8-11,14-16,25,27,33H,4-5,7,12-13H2,1-3H3,(H,30,31). The molecule has 1 unspecified atom stereocenters. The monoisotopic (exact) mass is 531 g/mol. The maximum Gasteiger partial charge on any atom is 0.277 e. The number of halogens is 2. The first-order chi connectivity index (χ1) is 17.7. The van der Waals surface area contributed by atoms with E-state index in [-0.39, 0.29) is 23.8 Å². The fourth-order valence-corrected chi connectivity index (χ4v) is 5.36. The van der Waals surface area contributed by atoms with Gasteiger partial charge in [-0.1, -0.05) is 26.0 Å². The van der Waals surface area contributed by atoms with Crippen LogP contribution in [0.3, 0.4) is 0 Å². The Bertz CT molecular complexity index is 1500. The van der Waals surface area contributed by atoms with Gasteiger partial charge in [-0.2, -0.15) is 0 Å². The number of H-pyrrole nitrogens is 1. The molecule has 7 nitrogen and oxygen atoms in total. The van der Waals surface area contributed by atoms with E-state index >= 15 is 0 Å². The maximum absolute atomic E-state index is 12.9. The maximum atomic E-state index is 12.9. The van der Waals surface area contributed by atoms with Gasteiger partial charge in [0.2, 0.25) is 0 Å². The van der Waals surface area contributed by atoms with Crippen molar-refractivity contribution in [1.82, 2.24) is 14.9 Å². The number of aromatic amines is 1. The van der Waals surface area contributed by atoms with Crippen LogP contribution in [0.2, 0.25) is 0 Å². The van der Waals surface area contributed by atoms with Gasteiger partial charge in [0.25, 0.3) is 6.43 Å². The highest BCUT2D eigenvalue weighted by Gasteiger charge is 2.23. The molecule has 0 radical (unpaired) electrons. The molecule has 4 aromatic rings. The van der Waals surface area contributed by atoms with Crippen molar-refractivity contribution in [1.29, 1.82) is 0 Å². The first-order valence-corrected chi connectivity index (χ1v) is 13.9. The molecule has 0 fully saturated rings. The molecule has 2 aromatic heterocycles. The fourth-order valence-electron chi connectivity index (χ4n) is 4.44. The molecule has 0 aliphatic heterocycles. The molecule has 198 valence electrons. The summed E-state index contributed by atoms with van der Waals surface area (Å²) in [5.74, 6) is 0.586. The number of fused-ring (bicyclic) bond motifs is 3. The summed E-state index contributed by atoms with van der Waals surface area (Å²) in [7, 11) is -3.38. The van der Waals surface area contributed by atoms with E-state index < -0.39 is 22.5 Å². The zero-order valence-electron chi connectivity index (χ0n) is 21.0. The van der Waals surface area contributed by atoms with Crippen LogP contribution >= 0.6 is 0 Å². The molecule has 0 bridgehead atoms. The van der Waals surface area contributed by atoms with Crippen LogP contribution in [0, 0.1) is 6.92 Å². The number of hydrogen-bond acceptors (Lipinski definition) is 6. The third kappa shape index (κ3) is 5.61. The SMILES string of the molecule is CCN(CCCOc1ccc(-c2cccc(S(=O)(=O)CC)c2)c2c1[nH]c1ncc(C)cc12)C(O)C(F)F. The molecule has 0 saturated heterocycles. The number of ether oxygens (including phenoxy) is 1. The van der Waals surface area contributed by atoms with E-state index in [0.29, 0.717) is 29.9 Å². The lowest BCUT2D eigenvalue weighted by Crippen LogP contribution is -2.41. The van der Waals surface area contributed by atoms with Gasteiger partial charge in [0.1, 0.15) is 11.4 Å². The summed E-state index contributed by atoms with van der Waals surface area (Å²) in [6.45, 7) is 6.10. The van der Waals surface area contributed by atoms with Crippen molar-refractivity contribution in [2.45, 2.75) is 44.7 Å². The molecule has 2 heterocycles. The Balaban J connectivity index is 1.71. The predicted octanol–water partition coefficient (Wildman–Crippen LogP) is 5.16. The molecule has 0 aliphatic carbocycles. The second-order valence-electron chi connectivity index (χ2n) is 8.91. The Kier molecular flexibility index (Phi) is 8.11. The number of benzene rings is 2. The number of aliphatic hydroxyl groups is 1. The van der Waals surface area contributed by atoms with Crippen molar-refractivity contribution in [3.63, 3.8) is 0 Å². The summed E-state index contributed by atoms with van der Waals surface area (Å²) < 4.78 is 56.8. The van der Waals surface area contributed by atoms with Gasteiger partial charge in [-0.25, -0.2) is 22.2 Å². The number of nitrogens with one attached hydrogen (secondary N) is 1. The van der Waals surface area contributed by atoms with E-state index in [9.17, 15) is 22.3 Å². The highest BCUT2D eigenvalue weighted by molar-refractivity contribution is 7.91. The average Bonchev–Trinajstić information content (AvgIpc) is 3.27. The summed E-state index contributed by atoms with van der Waals surface area (Å²) in [4.78, 5) is 9.42. The Morgan fingerprint density at radius 2 is 1.95 bits per heavy atom. The largest absolute Gasteiger partial charge is 0.491 e. The number of aliphatic hydroxyl groups excluding tert-OH is 1. The third-order valence-electron chi connectivity index (χ3n) is 6.44. The molecule has 0 spiro atoms. The molecule has 1 atom stereocenters. The van der Waals surface area contributed by atoms with Crippen LogP contribution in [0.15, 0.2) is 53.6 Å². The number of aromatic nitrogens is 2. The Morgan fingerprint density at radius 1 is 1.16 bits per heavy atom. The summed E-state index contributed by atoms with van der Waals surface area (Å²) in [6.07, 6.45) is -2.43. The highest BCUT2D eigenvalue weighted by atomic mass is 32.2. The van der Waals surface area contributed by atoms with Gasteiger partial charge in [-0.05, 0) is 66.9 Å². The van der Waals surface area contributed by atoms with Gasteiger partial charge in [-0.15, -0.1) is 0 Å². The Morgan fingerprint density at radius 3 is 2.65 bits per heavy atom.